The van der Waals surface area contributed by atoms with Crippen LogP contribution in [0.25, 0.3) is 0 Å². The zero-order valence-electron chi connectivity index (χ0n) is 15.2. The highest BCUT2D eigenvalue weighted by Crippen LogP contribution is 2.33. The lowest BCUT2D eigenvalue weighted by molar-refractivity contribution is -0.150. The molecule has 5 nitrogen and oxygen atoms in total. The molecule has 0 aromatic carbocycles. The van der Waals surface area contributed by atoms with Gasteiger partial charge in [-0.1, -0.05) is 27.7 Å². The molecular formula is C17H33NO4. The van der Waals surface area contributed by atoms with Gasteiger partial charge in [-0.25, -0.2) is 4.79 Å². The lowest BCUT2D eigenvalue weighted by Crippen LogP contribution is -2.45. The van der Waals surface area contributed by atoms with Gasteiger partial charge in [0.05, 0.1) is 5.41 Å². The largest absolute Gasteiger partial charge is 0.481 e. The topological polar surface area (TPSA) is 75.6 Å². The van der Waals surface area contributed by atoms with Gasteiger partial charge >= 0.3 is 12.1 Å². The molecule has 0 heterocycles. The first-order valence-corrected chi connectivity index (χ1v) is 8.08. The number of hydrogen-bond acceptors (Lipinski definition) is 3. The van der Waals surface area contributed by atoms with Gasteiger partial charge in [0.25, 0.3) is 0 Å². The van der Waals surface area contributed by atoms with E-state index < -0.39 is 23.1 Å². The summed E-state index contributed by atoms with van der Waals surface area (Å²) < 4.78 is 5.20. The second kappa shape index (κ2) is 8.39. The van der Waals surface area contributed by atoms with Gasteiger partial charge in [-0.05, 0) is 51.9 Å². The predicted molar refractivity (Wildman–Crippen MR) is 87.8 cm³/mol. The van der Waals surface area contributed by atoms with Gasteiger partial charge in [-0.15, -0.1) is 0 Å². The molecule has 1 unspecified atom stereocenters. The van der Waals surface area contributed by atoms with E-state index in [1.165, 1.54) is 0 Å². The molecule has 0 saturated carbocycles. The maximum Gasteiger partial charge on any atom is 0.407 e. The summed E-state index contributed by atoms with van der Waals surface area (Å²) >= 11 is 0. The zero-order valence-corrected chi connectivity index (χ0v) is 15.2. The Balaban J connectivity index is 4.97. The second-order valence-corrected chi connectivity index (χ2v) is 7.97. The number of carbonyl (C=O) groups is 2. The van der Waals surface area contributed by atoms with Gasteiger partial charge in [-0.2, -0.15) is 0 Å². The van der Waals surface area contributed by atoms with Crippen LogP contribution in [0.5, 0.6) is 0 Å². The number of carboxylic acids is 1. The molecule has 1 amide bonds. The Morgan fingerprint density at radius 2 is 1.64 bits per heavy atom. The number of aliphatic carboxylic acids is 1. The maximum absolute atomic E-state index is 11.9. The quantitative estimate of drug-likeness (QED) is 0.708. The van der Waals surface area contributed by atoms with Crippen molar-refractivity contribution in [2.45, 2.75) is 73.3 Å². The molecule has 1 atom stereocenters. The Bertz CT molecular complexity index is 371. The monoisotopic (exact) mass is 315 g/mol. The van der Waals surface area contributed by atoms with Gasteiger partial charge in [0.2, 0.25) is 0 Å². The van der Waals surface area contributed by atoms with E-state index in [2.05, 4.69) is 19.2 Å². The van der Waals surface area contributed by atoms with Gasteiger partial charge in [0.1, 0.15) is 5.60 Å². The summed E-state index contributed by atoms with van der Waals surface area (Å²) in [6.45, 7) is 13.6. The summed E-state index contributed by atoms with van der Waals surface area (Å²) in [5.74, 6) is -0.186. The van der Waals surface area contributed by atoms with E-state index in [4.69, 9.17) is 4.74 Å². The van der Waals surface area contributed by atoms with Crippen LogP contribution in [0.2, 0.25) is 0 Å². The Morgan fingerprint density at radius 1 is 1.09 bits per heavy atom. The molecule has 0 fully saturated rings. The van der Waals surface area contributed by atoms with Crippen LogP contribution in [0.3, 0.4) is 0 Å². The smallest absolute Gasteiger partial charge is 0.407 e. The lowest BCUT2D eigenvalue weighted by Gasteiger charge is -2.32. The minimum absolute atomic E-state index is 0.0994. The predicted octanol–water partition coefficient (Wildman–Crippen LogP) is 4.06. The molecule has 2 N–H and O–H groups in total. The molecule has 130 valence electrons. The van der Waals surface area contributed by atoms with E-state index in [1.54, 1.807) is 20.8 Å². The van der Waals surface area contributed by atoms with Crippen LogP contribution in [-0.2, 0) is 9.53 Å². The van der Waals surface area contributed by atoms with Gasteiger partial charge in [0, 0.05) is 6.54 Å². The van der Waals surface area contributed by atoms with Crippen molar-refractivity contribution >= 4 is 12.1 Å². The number of amides is 1. The summed E-state index contributed by atoms with van der Waals surface area (Å²) in [5, 5.41) is 12.4. The zero-order chi connectivity index (χ0) is 17.6. The summed E-state index contributed by atoms with van der Waals surface area (Å²) in [5.41, 5.74) is -1.53. The average molecular weight is 315 g/mol. The average Bonchev–Trinajstić information content (AvgIpc) is 2.29. The third-order valence-electron chi connectivity index (χ3n) is 3.42. The molecule has 0 saturated heterocycles. The molecule has 0 aliphatic carbocycles. The first-order chi connectivity index (χ1) is 9.88. The number of rotatable bonds is 8. The number of nitrogens with one attached hydrogen (secondary N) is 1. The van der Waals surface area contributed by atoms with Crippen LogP contribution < -0.4 is 5.32 Å². The van der Waals surface area contributed by atoms with Crippen LogP contribution in [-0.4, -0.2) is 29.3 Å². The number of carboxylic acid groups (broad SMARTS) is 1. The Hall–Kier alpha value is -1.26. The van der Waals surface area contributed by atoms with E-state index >= 15 is 0 Å². The SMILES string of the molecule is CC(C)CCC(CNC(=O)OC(C)(C)C)(CC(C)C)C(=O)O. The first-order valence-electron chi connectivity index (χ1n) is 8.08. The number of ether oxygens (including phenoxy) is 1. The molecule has 0 spiro atoms. The van der Waals surface area contributed by atoms with Crippen molar-refractivity contribution in [3.63, 3.8) is 0 Å². The molecule has 0 aliphatic rings. The van der Waals surface area contributed by atoms with Crippen molar-refractivity contribution in [2.24, 2.45) is 17.3 Å². The normalized spacial score (nSPS) is 14.8. The number of hydrogen-bond donors (Lipinski definition) is 2. The fourth-order valence-electron chi connectivity index (χ4n) is 2.43. The molecule has 0 aliphatic heterocycles. The number of carbonyl (C=O) groups excluding carboxylic acids is 1. The van der Waals surface area contributed by atoms with Gasteiger partial charge < -0.3 is 15.2 Å². The molecule has 0 bridgehead atoms. The third-order valence-corrected chi connectivity index (χ3v) is 3.42. The summed E-state index contributed by atoms with van der Waals surface area (Å²) in [4.78, 5) is 23.7. The molecule has 0 radical (unpaired) electrons. The van der Waals surface area contributed by atoms with Crippen molar-refractivity contribution in [2.75, 3.05) is 6.54 Å². The van der Waals surface area contributed by atoms with E-state index in [9.17, 15) is 14.7 Å². The Morgan fingerprint density at radius 3 is 2.00 bits per heavy atom. The van der Waals surface area contributed by atoms with Crippen molar-refractivity contribution in [1.82, 2.24) is 5.32 Å². The summed E-state index contributed by atoms with van der Waals surface area (Å²) in [7, 11) is 0. The van der Waals surface area contributed by atoms with Crippen molar-refractivity contribution in [1.29, 1.82) is 0 Å². The summed E-state index contributed by atoms with van der Waals surface area (Å²) in [6.07, 6.45) is 1.33. The van der Waals surface area contributed by atoms with E-state index in [0.29, 0.717) is 18.8 Å². The van der Waals surface area contributed by atoms with E-state index in [1.807, 2.05) is 13.8 Å². The van der Waals surface area contributed by atoms with Crippen LogP contribution in [0, 0.1) is 17.3 Å². The molecule has 0 aromatic heterocycles. The molecular weight excluding hydrogens is 282 g/mol. The van der Waals surface area contributed by atoms with Gasteiger partial charge in [0.15, 0.2) is 0 Å². The van der Waals surface area contributed by atoms with Crippen molar-refractivity contribution in [3.05, 3.63) is 0 Å². The molecule has 0 aromatic rings. The molecule has 22 heavy (non-hydrogen) atoms. The van der Waals surface area contributed by atoms with Crippen molar-refractivity contribution in [3.8, 4) is 0 Å². The second-order valence-electron chi connectivity index (χ2n) is 7.97. The van der Waals surface area contributed by atoms with Crippen LogP contribution in [0.1, 0.15) is 67.7 Å². The van der Waals surface area contributed by atoms with E-state index in [0.717, 1.165) is 6.42 Å². The lowest BCUT2D eigenvalue weighted by atomic mass is 9.75. The van der Waals surface area contributed by atoms with Gasteiger partial charge in [-0.3, -0.25) is 4.79 Å². The minimum atomic E-state index is -0.935. The maximum atomic E-state index is 11.9. The van der Waals surface area contributed by atoms with E-state index in [-0.39, 0.29) is 12.5 Å². The van der Waals surface area contributed by atoms with Crippen LogP contribution >= 0.6 is 0 Å². The third kappa shape index (κ3) is 8.25. The molecule has 0 rings (SSSR count). The summed E-state index contributed by atoms with van der Waals surface area (Å²) in [6, 6.07) is 0. The standard InChI is InChI=1S/C17H33NO4/c1-12(2)8-9-17(14(19)20,10-13(3)4)11-18-15(21)22-16(5,6)7/h12-13H,8-11H2,1-7H3,(H,18,21)(H,19,20). The fourth-order valence-corrected chi connectivity index (χ4v) is 2.43. The minimum Gasteiger partial charge on any atom is -0.481 e. The highest BCUT2D eigenvalue weighted by molar-refractivity contribution is 5.76. The molecule has 5 heteroatoms. The highest BCUT2D eigenvalue weighted by Gasteiger charge is 2.39. The Kier molecular flexibility index (Phi) is 7.91. The first kappa shape index (κ1) is 20.7. The highest BCUT2D eigenvalue weighted by atomic mass is 16.6. The van der Waals surface area contributed by atoms with Crippen LogP contribution in [0.15, 0.2) is 0 Å². The fraction of sp³-hybridized carbons (Fsp3) is 0.882. The van der Waals surface area contributed by atoms with Crippen molar-refractivity contribution < 1.29 is 19.4 Å². The van der Waals surface area contributed by atoms with Crippen LogP contribution in [0.4, 0.5) is 4.79 Å². The Labute approximate surface area is 134 Å². The number of alkyl carbamates (subject to hydrolysis) is 1.